The first-order valence-corrected chi connectivity index (χ1v) is 29.6. The van der Waals surface area contributed by atoms with Crippen molar-refractivity contribution in [2.24, 2.45) is 10.9 Å². The average Bonchev–Trinajstić information content (AvgIpc) is 2.74. The number of benzene rings is 2. The van der Waals surface area contributed by atoms with Crippen LogP contribution in [-0.4, -0.2) is 193 Å². The number of thioether (sulfide) groups is 1. The highest BCUT2D eigenvalue weighted by Gasteiger charge is 2.43. The zero-order valence-electron chi connectivity index (χ0n) is 48.3. The number of nitrogens with two attached hydrogens (primary N) is 1. The number of nitrogen functional groups attached to an aromatic ring is 1. The summed E-state index contributed by atoms with van der Waals surface area (Å²) in [7, 11) is 3.26. The van der Waals surface area contributed by atoms with Crippen molar-refractivity contribution in [3.63, 3.8) is 0 Å². The van der Waals surface area contributed by atoms with Gasteiger partial charge in [0.05, 0.1) is 95.2 Å². The molecule has 0 radical (unpaired) electrons. The van der Waals surface area contributed by atoms with Gasteiger partial charge in [0.2, 0.25) is 23.6 Å². The Balaban J connectivity index is 0.681. The van der Waals surface area contributed by atoms with Crippen LogP contribution in [0.5, 0.6) is 5.75 Å². The lowest BCUT2D eigenvalue weighted by atomic mass is 9.88. The van der Waals surface area contributed by atoms with Crippen LogP contribution in [0.15, 0.2) is 59.7 Å². The molecule has 4 aromatic rings. The Kier molecular flexibility index (Phi) is 22.9. The number of nitriles is 1. The van der Waals surface area contributed by atoms with Gasteiger partial charge in [-0.15, -0.1) is 11.8 Å². The minimum absolute atomic E-state index is 0.00106. The van der Waals surface area contributed by atoms with Crippen molar-refractivity contribution in [1.82, 2.24) is 45.4 Å². The van der Waals surface area contributed by atoms with Crippen molar-refractivity contribution in [1.29, 1.82) is 5.26 Å². The maximum atomic E-state index is 14.5. The molecule has 1 unspecified atom stereocenters. The topological polar surface area (TPSA) is 287 Å². The number of ether oxygens (including phenoxy) is 5. The molecule has 23 nitrogen and oxygen atoms in total. The number of carbonyl (C=O) groups is 6. The van der Waals surface area contributed by atoms with E-state index in [1.54, 1.807) is 43.8 Å². The third kappa shape index (κ3) is 16.5. The number of anilines is 1. The fourth-order valence-corrected chi connectivity index (χ4v) is 11.8. The average molecular weight is 1200 g/mol. The molecule has 2 aromatic heterocycles. The van der Waals surface area contributed by atoms with Crippen LogP contribution in [0.25, 0.3) is 11.1 Å². The van der Waals surface area contributed by atoms with Crippen molar-refractivity contribution in [2.75, 3.05) is 105 Å². The normalized spacial score (nSPS) is 18.7. The lowest BCUT2D eigenvalue weighted by molar-refractivity contribution is -0.140. The number of Topliss-reactive ketones (excluding diaryl/α,β-unsaturated/α-hetero) is 1. The van der Waals surface area contributed by atoms with E-state index in [-0.39, 0.29) is 130 Å². The van der Waals surface area contributed by atoms with E-state index >= 15 is 0 Å². The number of piperidine rings is 1. The van der Waals surface area contributed by atoms with Crippen molar-refractivity contribution < 1.29 is 61.2 Å². The molecule has 4 aliphatic rings. The smallest absolute Gasteiger partial charge is 0.254 e. The molecule has 5 N–H and O–H groups in total. The number of halogens is 2. The van der Waals surface area contributed by atoms with Gasteiger partial charge in [-0.1, -0.05) is 0 Å². The summed E-state index contributed by atoms with van der Waals surface area (Å²) in [4.78, 5) is 94.6. The number of carbonyl (C=O) groups excluding carboxylic acids is 6. The van der Waals surface area contributed by atoms with Crippen LogP contribution >= 0.6 is 11.8 Å². The molecule has 6 heterocycles. The number of pyridine rings is 1. The highest BCUT2D eigenvalue weighted by Crippen LogP contribution is 2.37. The molecule has 4 aliphatic heterocycles. The second-order valence-electron chi connectivity index (χ2n) is 21.1. The maximum Gasteiger partial charge on any atom is 0.254 e. The summed E-state index contributed by atoms with van der Waals surface area (Å²) in [6.07, 6.45) is 3.43. The second-order valence-corrected chi connectivity index (χ2v) is 22.2. The predicted molar refractivity (Wildman–Crippen MR) is 310 cm³/mol. The van der Waals surface area contributed by atoms with Gasteiger partial charge in [0, 0.05) is 79.4 Å². The third-order valence-corrected chi connectivity index (χ3v) is 16.6. The summed E-state index contributed by atoms with van der Waals surface area (Å²) in [6, 6.07) is 10.8. The van der Waals surface area contributed by atoms with Crippen LogP contribution in [0.4, 0.5) is 14.6 Å². The first-order chi connectivity index (χ1) is 41.0. The summed E-state index contributed by atoms with van der Waals surface area (Å²) in [6.45, 7) is 7.12. The molecule has 26 heteroatoms. The second kappa shape index (κ2) is 30.6. The number of fused-ring (bicyclic) bond motifs is 5. The predicted octanol–water partition coefficient (Wildman–Crippen LogP) is 4.08. The van der Waals surface area contributed by atoms with Crippen LogP contribution in [0.3, 0.4) is 0 Å². The van der Waals surface area contributed by atoms with Gasteiger partial charge in [0.15, 0.2) is 17.4 Å². The highest BCUT2D eigenvalue weighted by atomic mass is 32.2. The van der Waals surface area contributed by atoms with Crippen molar-refractivity contribution in [3.05, 3.63) is 94.4 Å². The Morgan fingerprint density at radius 3 is 2.26 bits per heavy atom. The summed E-state index contributed by atoms with van der Waals surface area (Å²) in [5, 5.41) is 24.6. The van der Waals surface area contributed by atoms with Gasteiger partial charge in [-0.2, -0.15) is 10.4 Å². The van der Waals surface area contributed by atoms with E-state index in [9.17, 15) is 42.8 Å². The first kappa shape index (κ1) is 63.6. The molecule has 0 spiro atoms. The van der Waals surface area contributed by atoms with Gasteiger partial charge in [-0.25, -0.2) is 13.8 Å². The number of hydrogen-bond donors (Lipinski definition) is 4. The van der Waals surface area contributed by atoms with Gasteiger partial charge in [-0.3, -0.25) is 38.4 Å². The molecule has 2 aromatic carbocycles. The van der Waals surface area contributed by atoms with E-state index in [2.05, 4.69) is 32.1 Å². The molecule has 0 saturated carbocycles. The zero-order valence-corrected chi connectivity index (χ0v) is 49.1. The molecule has 2 saturated heterocycles. The number of rotatable bonds is 26. The molecular formula is C59H74F2N12O11S. The van der Waals surface area contributed by atoms with Gasteiger partial charge >= 0.3 is 0 Å². The van der Waals surface area contributed by atoms with E-state index in [0.29, 0.717) is 97.5 Å². The Labute approximate surface area is 496 Å². The number of amides is 5. The van der Waals surface area contributed by atoms with E-state index in [1.165, 1.54) is 70.0 Å². The SMILES string of the molecule is CN[C@@H](C)C(=O)N[C@H](C(=O)N1CCC[C@H]1C1=NC(C(=O)c2ccc(F)cc2)CS1)C1CCN(C(=O)CCOCCOCCOCCOCCC(=O)NCCn2nc3c(c2C#N)-c2cnc(N)c(c2)O[C@H](C)c2cc(F)ccc2C(=O)N(C)C3)CC1. The number of ketones is 1. The third-order valence-electron chi connectivity index (χ3n) is 15.4. The van der Waals surface area contributed by atoms with Crippen LogP contribution in [0, 0.1) is 28.9 Å². The highest BCUT2D eigenvalue weighted by molar-refractivity contribution is 8.14. The fraction of sp³-hybridized carbons (Fsp3) is 0.525. The first-order valence-electron chi connectivity index (χ1n) is 28.7. The number of aromatic nitrogens is 3. The molecular weight excluding hydrogens is 1120 g/mol. The van der Waals surface area contributed by atoms with Crippen LogP contribution < -0.4 is 26.4 Å². The van der Waals surface area contributed by atoms with E-state index in [0.717, 1.165) is 6.42 Å². The standard InChI is InChI=1S/C59H74F2N12O11S/c1-36(64-3)56(77)68-53(59(79)72-18-5-6-47(72)57-67-46(35-85-57)54(76)39-7-9-41(60)10-8-39)38-13-19-71(20-14-38)51(75)16-23-81-25-27-83-29-28-82-26-24-80-22-15-50(74)65-17-21-73-48(32-62)52-40-30-49(55(63)66-33-40)84-37(2)44-31-42(61)11-12-43(44)58(78)70(4)34-45(52)69-73/h7-12,30-31,33,36-38,46-47,53,64H,5-6,13-29,34-35H2,1-4H3,(H2,63,66)(H,65,74)(H,68,77)/t36-,37+,46?,47-,53-/m0/s1. The van der Waals surface area contributed by atoms with Crippen LogP contribution in [0.2, 0.25) is 0 Å². The molecule has 8 rings (SSSR count). The minimum Gasteiger partial charge on any atom is -0.482 e. The fourth-order valence-electron chi connectivity index (χ4n) is 10.6. The summed E-state index contributed by atoms with van der Waals surface area (Å²) < 4.78 is 58.0. The Morgan fingerprint density at radius 1 is 0.906 bits per heavy atom. The molecule has 0 aliphatic carbocycles. The minimum atomic E-state index is -0.809. The van der Waals surface area contributed by atoms with E-state index < -0.39 is 41.8 Å². The quantitative estimate of drug-likeness (QED) is 0.0509. The summed E-state index contributed by atoms with van der Waals surface area (Å²) >= 11 is 1.46. The Morgan fingerprint density at radius 2 is 1.58 bits per heavy atom. The van der Waals surface area contributed by atoms with Gasteiger partial charge < -0.3 is 60.1 Å². The zero-order chi connectivity index (χ0) is 60.6. The van der Waals surface area contributed by atoms with Crippen molar-refractivity contribution >= 4 is 57.9 Å². The Bertz CT molecular complexity index is 3100. The lowest BCUT2D eigenvalue weighted by Gasteiger charge is -2.38. The van der Waals surface area contributed by atoms with Gasteiger partial charge in [0.1, 0.15) is 41.6 Å². The molecule has 456 valence electrons. The monoisotopic (exact) mass is 1200 g/mol. The van der Waals surface area contributed by atoms with Crippen LogP contribution in [0.1, 0.15) is 96.1 Å². The van der Waals surface area contributed by atoms with Crippen molar-refractivity contribution in [2.45, 2.75) is 95.7 Å². The number of aliphatic imine (C=N–C) groups is 1. The number of hydrogen-bond acceptors (Lipinski definition) is 18. The summed E-state index contributed by atoms with van der Waals surface area (Å²) in [5.74, 6) is -1.93. The van der Waals surface area contributed by atoms with Crippen molar-refractivity contribution in [3.8, 4) is 22.9 Å². The molecule has 85 heavy (non-hydrogen) atoms. The van der Waals surface area contributed by atoms with Gasteiger partial charge in [0.25, 0.3) is 5.91 Å². The molecule has 5 atom stereocenters. The molecule has 2 bridgehead atoms. The van der Waals surface area contributed by atoms with Crippen LogP contribution in [-0.2, 0) is 51.2 Å². The largest absolute Gasteiger partial charge is 0.482 e. The van der Waals surface area contributed by atoms with Gasteiger partial charge in [-0.05, 0) is 101 Å². The Hall–Kier alpha value is -7.41. The van der Waals surface area contributed by atoms with E-state index in [1.807, 2.05) is 0 Å². The number of likely N-dealkylation sites (tertiary alicyclic amines) is 2. The number of likely N-dealkylation sites (N-methyl/N-ethyl adjacent to an activating group) is 1. The number of nitrogens with one attached hydrogen (secondary N) is 3. The summed E-state index contributed by atoms with van der Waals surface area (Å²) in [5.41, 5.74) is 8.59. The number of nitrogens with zero attached hydrogens (tertiary/aromatic N) is 8. The maximum absolute atomic E-state index is 14.5. The lowest BCUT2D eigenvalue weighted by Crippen LogP contribution is -2.58. The van der Waals surface area contributed by atoms with E-state index in [4.69, 9.17) is 34.4 Å². The molecule has 5 amide bonds. The molecule has 2 fully saturated rings.